The van der Waals surface area contributed by atoms with Gasteiger partial charge in [0.2, 0.25) is 0 Å². The van der Waals surface area contributed by atoms with E-state index >= 15 is 0 Å². The lowest BCUT2D eigenvalue weighted by atomic mass is 10.1. The number of ether oxygens (including phenoxy) is 1. The van der Waals surface area contributed by atoms with Crippen LogP contribution in [0.1, 0.15) is 21.5 Å². The van der Waals surface area contributed by atoms with Crippen LogP contribution in [0.3, 0.4) is 0 Å². The highest BCUT2D eigenvalue weighted by atomic mass is 35.5. The van der Waals surface area contributed by atoms with Gasteiger partial charge in [0.1, 0.15) is 0 Å². The SMILES string of the molecule is COC(=O)c1ccccc1CN(C)Cc1ccccc1Cl. The lowest BCUT2D eigenvalue weighted by Gasteiger charge is -2.19. The number of nitrogens with zero attached hydrogens (tertiary/aromatic N) is 1. The molecule has 0 bridgehead atoms. The molecule has 0 saturated carbocycles. The summed E-state index contributed by atoms with van der Waals surface area (Å²) in [5, 5.41) is 0.755. The van der Waals surface area contributed by atoms with Gasteiger partial charge in [-0.2, -0.15) is 0 Å². The molecule has 0 aromatic heterocycles. The van der Waals surface area contributed by atoms with Gasteiger partial charge >= 0.3 is 5.97 Å². The summed E-state index contributed by atoms with van der Waals surface area (Å²) >= 11 is 6.17. The summed E-state index contributed by atoms with van der Waals surface area (Å²) in [5.41, 5.74) is 2.61. The first-order valence-electron chi connectivity index (χ1n) is 6.70. The average Bonchev–Trinajstić information content (AvgIpc) is 2.49. The third-order valence-electron chi connectivity index (χ3n) is 3.26. The molecule has 0 radical (unpaired) electrons. The molecule has 0 saturated heterocycles. The molecular weight excluding hydrogens is 286 g/mol. The maximum Gasteiger partial charge on any atom is 0.338 e. The predicted octanol–water partition coefficient (Wildman–Crippen LogP) is 3.76. The van der Waals surface area contributed by atoms with Crippen molar-refractivity contribution in [1.82, 2.24) is 4.90 Å². The fourth-order valence-corrected chi connectivity index (χ4v) is 2.43. The molecule has 0 aliphatic rings. The molecular formula is C17H18ClNO2. The van der Waals surface area contributed by atoms with Crippen molar-refractivity contribution in [3.63, 3.8) is 0 Å². The van der Waals surface area contributed by atoms with Crippen molar-refractivity contribution in [2.45, 2.75) is 13.1 Å². The van der Waals surface area contributed by atoms with E-state index in [9.17, 15) is 4.79 Å². The molecule has 0 fully saturated rings. The van der Waals surface area contributed by atoms with Crippen LogP contribution in [-0.2, 0) is 17.8 Å². The normalized spacial score (nSPS) is 10.7. The van der Waals surface area contributed by atoms with Crippen molar-refractivity contribution in [2.24, 2.45) is 0 Å². The van der Waals surface area contributed by atoms with Crippen molar-refractivity contribution in [2.75, 3.05) is 14.2 Å². The van der Waals surface area contributed by atoms with Gasteiger partial charge in [0, 0.05) is 18.1 Å². The summed E-state index contributed by atoms with van der Waals surface area (Å²) in [4.78, 5) is 13.9. The molecule has 0 spiro atoms. The van der Waals surface area contributed by atoms with Crippen LogP contribution < -0.4 is 0 Å². The number of hydrogen-bond donors (Lipinski definition) is 0. The predicted molar refractivity (Wildman–Crippen MR) is 84.4 cm³/mol. The van der Waals surface area contributed by atoms with Gasteiger partial charge in [-0.3, -0.25) is 4.90 Å². The maximum atomic E-state index is 11.8. The third-order valence-corrected chi connectivity index (χ3v) is 3.63. The summed E-state index contributed by atoms with van der Waals surface area (Å²) in [5.74, 6) is -0.309. The molecule has 21 heavy (non-hydrogen) atoms. The molecule has 0 amide bonds. The van der Waals surface area contributed by atoms with E-state index in [1.54, 1.807) is 6.07 Å². The van der Waals surface area contributed by atoms with Crippen LogP contribution in [0.15, 0.2) is 48.5 Å². The van der Waals surface area contributed by atoms with Crippen LogP contribution in [0, 0.1) is 0 Å². The van der Waals surface area contributed by atoms with E-state index in [4.69, 9.17) is 16.3 Å². The van der Waals surface area contributed by atoms with Gasteiger partial charge in [0.05, 0.1) is 12.7 Å². The molecule has 0 N–H and O–H groups in total. The van der Waals surface area contributed by atoms with Gasteiger partial charge in [0.25, 0.3) is 0 Å². The van der Waals surface area contributed by atoms with Gasteiger partial charge < -0.3 is 4.74 Å². The zero-order valence-electron chi connectivity index (χ0n) is 12.2. The third kappa shape index (κ3) is 4.06. The van der Waals surface area contributed by atoms with E-state index < -0.39 is 0 Å². The van der Waals surface area contributed by atoms with Crippen LogP contribution in [-0.4, -0.2) is 25.0 Å². The molecule has 2 aromatic carbocycles. The fourth-order valence-electron chi connectivity index (χ4n) is 2.23. The van der Waals surface area contributed by atoms with Crippen molar-refractivity contribution in [3.8, 4) is 0 Å². The largest absolute Gasteiger partial charge is 0.465 e. The Balaban J connectivity index is 2.11. The first kappa shape index (κ1) is 15.5. The minimum atomic E-state index is -0.309. The number of methoxy groups -OCH3 is 1. The minimum Gasteiger partial charge on any atom is -0.465 e. The number of hydrogen-bond acceptors (Lipinski definition) is 3. The first-order valence-corrected chi connectivity index (χ1v) is 7.07. The topological polar surface area (TPSA) is 29.5 Å². The highest BCUT2D eigenvalue weighted by Crippen LogP contribution is 2.18. The summed E-state index contributed by atoms with van der Waals surface area (Å²) in [6.07, 6.45) is 0. The van der Waals surface area contributed by atoms with E-state index in [1.165, 1.54) is 7.11 Å². The van der Waals surface area contributed by atoms with Crippen molar-refractivity contribution in [3.05, 3.63) is 70.2 Å². The number of esters is 1. The Kier molecular flexibility index (Phi) is 5.37. The van der Waals surface area contributed by atoms with E-state index in [-0.39, 0.29) is 5.97 Å². The number of halogens is 1. The van der Waals surface area contributed by atoms with Crippen molar-refractivity contribution < 1.29 is 9.53 Å². The minimum absolute atomic E-state index is 0.309. The van der Waals surface area contributed by atoms with Gasteiger partial charge in [-0.15, -0.1) is 0 Å². The molecule has 2 rings (SSSR count). The number of benzene rings is 2. The Morgan fingerprint density at radius 1 is 1.05 bits per heavy atom. The summed E-state index contributed by atoms with van der Waals surface area (Å²) < 4.78 is 4.82. The molecule has 0 aliphatic heterocycles. The molecule has 3 nitrogen and oxygen atoms in total. The summed E-state index contributed by atoms with van der Waals surface area (Å²) in [6, 6.07) is 15.3. The molecule has 0 heterocycles. The second-order valence-corrected chi connectivity index (χ2v) is 5.32. The molecule has 0 unspecified atom stereocenters. The summed E-state index contributed by atoms with van der Waals surface area (Å²) in [7, 11) is 3.39. The molecule has 110 valence electrons. The van der Waals surface area contributed by atoms with E-state index in [2.05, 4.69) is 4.90 Å². The molecule has 0 atom stereocenters. The smallest absolute Gasteiger partial charge is 0.338 e. The second-order valence-electron chi connectivity index (χ2n) is 4.91. The van der Waals surface area contributed by atoms with Gasteiger partial charge in [0.15, 0.2) is 0 Å². The Hall–Kier alpha value is -1.84. The van der Waals surface area contributed by atoms with Gasteiger partial charge in [-0.05, 0) is 30.3 Å². The zero-order chi connectivity index (χ0) is 15.2. The van der Waals surface area contributed by atoms with Crippen LogP contribution in [0.2, 0.25) is 5.02 Å². The maximum absolute atomic E-state index is 11.8. The molecule has 2 aromatic rings. The highest BCUT2D eigenvalue weighted by Gasteiger charge is 2.13. The van der Waals surface area contributed by atoms with Gasteiger partial charge in [-0.1, -0.05) is 48.0 Å². The van der Waals surface area contributed by atoms with Crippen molar-refractivity contribution >= 4 is 17.6 Å². The Morgan fingerprint density at radius 3 is 2.29 bits per heavy atom. The summed E-state index contributed by atoms with van der Waals surface area (Å²) in [6.45, 7) is 1.37. The highest BCUT2D eigenvalue weighted by molar-refractivity contribution is 6.31. The second kappa shape index (κ2) is 7.25. The van der Waals surface area contributed by atoms with Gasteiger partial charge in [-0.25, -0.2) is 4.79 Å². The molecule has 4 heteroatoms. The zero-order valence-corrected chi connectivity index (χ0v) is 12.9. The number of rotatable bonds is 5. The van der Waals surface area contributed by atoms with Crippen LogP contribution in [0.25, 0.3) is 0 Å². The van der Waals surface area contributed by atoms with E-state index in [0.29, 0.717) is 12.1 Å². The van der Waals surface area contributed by atoms with E-state index in [1.807, 2.05) is 49.5 Å². The molecule has 0 aliphatic carbocycles. The Bertz CT molecular complexity index is 628. The van der Waals surface area contributed by atoms with Crippen LogP contribution in [0.5, 0.6) is 0 Å². The van der Waals surface area contributed by atoms with Crippen LogP contribution >= 0.6 is 11.6 Å². The van der Waals surface area contributed by atoms with Crippen LogP contribution in [0.4, 0.5) is 0 Å². The lowest BCUT2D eigenvalue weighted by Crippen LogP contribution is -2.19. The fraction of sp³-hybridized carbons (Fsp3) is 0.235. The number of carbonyl (C=O) groups excluding carboxylic acids is 1. The van der Waals surface area contributed by atoms with Crippen molar-refractivity contribution in [1.29, 1.82) is 0 Å². The Labute approximate surface area is 130 Å². The average molecular weight is 304 g/mol. The van der Waals surface area contributed by atoms with E-state index in [0.717, 1.165) is 22.7 Å². The standard InChI is InChI=1S/C17H18ClNO2/c1-19(12-14-8-4-6-10-16(14)18)11-13-7-3-5-9-15(13)17(20)21-2/h3-10H,11-12H2,1-2H3. The monoisotopic (exact) mass is 303 g/mol. The first-order chi connectivity index (χ1) is 10.1. The Morgan fingerprint density at radius 2 is 1.62 bits per heavy atom. The number of carbonyl (C=O) groups is 1. The quantitative estimate of drug-likeness (QED) is 0.788. The lowest BCUT2D eigenvalue weighted by molar-refractivity contribution is 0.0598.